The first-order valence-electron chi connectivity index (χ1n) is 7.78. The van der Waals surface area contributed by atoms with Gasteiger partial charge in [0.2, 0.25) is 5.91 Å². The smallest absolute Gasteiger partial charge is 0.267 e. The average Bonchev–Trinajstić information content (AvgIpc) is 3.02. The number of para-hydroxylation sites is 1. The fraction of sp³-hybridized carbons (Fsp3) is 0.158. The number of anilines is 1. The molecule has 122 valence electrons. The second-order valence-electron chi connectivity index (χ2n) is 5.61. The first kappa shape index (κ1) is 16.0. The third-order valence-electron chi connectivity index (χ3n) is 4.16. The van der Waals surface area contributed by atoms with Gasteiger partial charge in [-0.15, -0.1) is 0 Å². The maximum atomic E-state index is 12.8. The van der Waals surface area contributed by atoms with Crippen LogP contribution in [-0.2, 0) is 9.59 Å². The molecule has 2 N–H and O–H groups in total. The van der Waals surface area contributed by atoms with E-state index >= 15 is 0 Å². The largest absolute Gasteiger partial charge is 0.311 e. The van der Waals surface area contributed by atoms with Gasteiger partial charge in [-0.1, -0.05) is 48.5 Å². The molecule has 2 aromatic carbocycles. The Balaban J connectivity index is 1.87. The molecule has 1 saturated heterocycles. The quantitative estimate of drug-likeness (QED) is 0.516. The van der Waals surface area contributed by atoms with Gasteiger partial charge in [0.25, 0.3) is 5.91 Å². The van der Waals surface area contributed by atoms with Crippen molar-refractivity contribution < 1.29 is 14.8 Å². The minimum atomic E-state index is -0.611. The van der Waals surface area contributed by atoms with E-state index in [0.29, 0.717) is 6.54 Å². The lowest BCUT2D eigenvalue weighted by molar-refractivity contribution is -0.124. The van der Waals surface area contributed by atoms with E-state index in [9.17, 15) is 9.59 Å². The molecule has 5 heteroatoms. The molecule has 2 amide bonds. The monoisotopic (exact) mass is 322 g/mol. The van der Waals surface area contributed by atoms with Gasteiger partial charge in [-0.2, -0.15) is 0 Å². The molecule has 1 atom stereocenters. The number of hydrogen-bond donors (Lipinski definition) is 2. The van der Waals surface area contributed by atoms with Crippen LogP contribution in [0.1, 0.15) is 23.5 Å². The summed E-state index contributed by atoms with van der Waals surface area (Å²) in [6.45, 7) is 0.634. The number of carbonyl (C=O) groups is 2. The summed E-state index contributed by atoms with van der Waals surface area (Å²) in [5.41, 5.74) is 4.10. The molecule has 0 spiro atoms. The second-order valence-corrected chi connectivity index (χ2v) is 5.61. The van der Waals surface area contributed by atoms with Crippen molar-refractivity contribution in [2.45, 2.75) is 12.3 Å². The Morgan fingerprint density at radius 3 is 2.58 bits per heavy atom. The van der Waals surface area contributed by atoms with Gasteiger partial charge in [0.15, 0.2) is 0 Å². The summed E-state index contributed by atoms with van der Waals surface area (Å²) < 4.78 is 0. The zero-order valence-electron chi connectivity index (χ0n) is 13.1. The molecule has 2 aromatic rings. The van der Waals surface area contributed by atoms with E-state index < -0.39 is 5.91 Å². The van der Waals surface area contributed by atoms with Crippen LogP contribution >= 0.6 is 0 Å². The van der Waals surface area contributed by atoms with Crippen LogP contribution in [0.15, 0.2) is 60.7 Å². The van der Waals surface area contributed by atoms with Crippen molar-refractivity contribution in [3.05, 3.63) is 71.8 Å². The first-order valence-corrected chi connectivity index (χ1v) is 7.78. The Morgan fingerprint density at radius 1 is 1.12 bits per heavy atom. The van der Waals surface area contributed by atoms with E-state index in [-0.39, 0.29) is 11.8 Å². The van der Waals surface area contributed by atoms with E-state index in [1.165, 1.54) is 6.08 Å². The van der Waals surface area contributed by atoms with Gasteiger partial charge >= 0.3 is 0 Å². The topological polar surface area (TPSA) is 69.6 Å². The molecule has 1 aliphatic heterocycles. The fourth-order valence-electron chi connectivity index (χ4n) is 2.99. The molecule has 1 fully saturated rings. The fourth-order valence-corrected chi connectivity index (χ4v) is 2.99. The highest BCUT2D eigenvalue weighted by molar-refractivity contribution is 6.02. The van der Waals surface area contributed by atoms with Crippen molar-refractivity contribution in [1.82, 2.24) is 5.48 Å². The molecule has 0 aliphatic carbocycles. The zero-order valence-corrected chi connectivity index (χ0v) is 13.1. The molecule has 1 aliphatic rings. The second kappa shape index (κ2) is 7.10. The third-order valence-corrected chi connectivity index (χ3v) is 4.16. The Hall–Kier alpha value is -2.92. The van der Waals surface area contributed by atoms with Crippen LogP contribution < -0.4 is 10.4 Å². The van der Waals surface area contributed by atoms with Crippen LogP contribution in [-0.4, -0.2) is 23.6 Å². The highest BCUT2D eigenvalue weighted by Gasteiger charge is 2.34. The minimum absolute atomic E-state index is 0.0636. The predicted octanol–water partition coefficient (Wildman–Crippen LogP) is 2.73. The van der Waals surface area contributed by atoms with Crippen molar-refractivity contribution in [2.75, 3.05) is 11.4 Å². The Kier molecular flexibility index (Phi) is 4.72. The van der Waals surface area contributed by atoms with Gasteiger partial charge in [-0.25, -0.2) is 5.48 Å². The van der Waals surface area contributed by atoms with E-state index in [4.69, 9.17) is 5.21 Å². The lowest BCUT2D eigenvalue weighted by Crippen LogP contribution is -2.27. The van der Waals surface area contributed by atoms with E-state index in [2.05, 4.69) is 0 Å². The molecule has 5 nitrogen and oxygen atoms in total. The number of carbonyl (C=O) groups excluding carboxylic acids is 2. The van der Waals surface area contributed by atoms with Crippen molar-refractivity contribution in [3.63, 3.8) is 0 Å². The van der Waals surface area contributed by atoms with Crippen LogP contribution in [0.25, 0.3) is 6.08 Å². The summed E-state index contributed by atoms with van der Waals surface area (Å²) in [5.74, 6) is -0.683. The summed E-state index contributed by atoms with van der Waals surface area (Å²) in [7, 11) is 0. The summed E-state index contributed by atoms with van der Waals surface area (Å²) in [5, 5.41) is 8.58. The first-order chi connectivity index (χ1) is 11.7. The Labute approximate surface area is 140 Å². The molecule has 1 heterocycles. The van der Waals surface area contributed by atoms with Crippen molar-refractivity contribution in [1.29, 1.82) is 0 Å². The number of benzene rings is 2. The van der Waals surface area contributed by atoms with Crippen LogP contribution in [0.5, 0.6) is 0 Å². The number of amides is 2. The van der Waals surface area contributed by atoms with Crippen molar-refractivity contribution in [2.24, 2.45) is 0 Å². The van der Waals surface area contributed by atoms with Gasteiger partial charge in [-0.3, -0.25) is 14.8 Å². The maximum absolute atomic E-state index is 12.8. The maximum Gasteiger partial charge on any atom is 0.267 e. The van der Waals surface area contributed by atoms with E-state index in [1.54, 1.807) is 16.5 Å². The number of nitrogens with one attached hydrogen (secondary N) is 1. The summed E-state index contributed by atoms with van der Waals surface area (Å²) >= 11 is 0. The summed E-state index contributed by atoms with van der Waals surface area (Å²) in [4.78, 5) is 25.8. The average molecular weight is 322 g/mol. The van der Waals surface area contributed by atoms with Crippen LogP contribution in [0, 0.1) is 0 Å². The number of rotatable bonds is 4. The van der Waals surface area contributed by atoms with Gasteiger partial charge in [0.05, 0.1) is 11.6 Å². The lowest BCUT2D eigenvalue weighted by Gasteiger charge is -2.19. The van der Waals surface area contributed by atoms with Crippen LogP contribution in [0.3, 0.4) is 0 Å². The SMILES string of the molecule is O=C(/C=C/c1ccccc1N1CC[C@H](c2ccccc2)C1=O)NO. The summed E-state index contributed by atoms with van der Waals surface area (Å²) in [6.07, 6.45) is 3.58. The summed E-state index contributed by atoms with van der Waals surface area (Å²) in [6, 6.07) is 17.2. The minimum Gasteiger partial charge on any atom is -0.311 e. The standard InChI is InChI=1S/C19H18N2O3/c22-18(20-24)11-10-15-8-4-5-9-17(15)21-13-12-16(19(21)23)14-6-2-1-3-7-14/h1-11,16,24H,12-13H2,(H,20,22)/b11-10+/t16-/m1/s1. The number of hydrogen-bond acceptors (Lipinski definition) is 3. The number of nitrogens with zero attached hydrogens (tertiary/aromatic N) is 1. The molecular formula is C19H18N2O3. The van der Waals surface area contributed by atoms with Crippen molar-refractivity contribution >= 4 is 23.6 Å². The van der Waals surface area contributed by atoms with E-state index in [1.807, 2.05) is 54.6 Å². The molecular weight excluding hydrogens is 304 g/mol. The van der Waals surface area contributed by atoms with Gasteiger partial charge in [0, 0.05) is 12.6 Å². The van der Waals surface area contributed by atoms with E-state index in [0.717, 1.165) is 23.2 Å². The highest BCUT2D eigenvalue weighted by Crippen LogP contribution is 2.34. The molecule has 0 aromatic heterocycles. The molecule has 24 heavy (non-hydrogen) atoms. The predicted molar refractivity (Wildman–Crippen MR) is 91.6 cm³/mol. The molecule has 0 radical (unpaired) electrons. The van der Waals surface area contributed by atoms with Crippen molar-refractivity contribution in [3.8, 4) is 0 Å². The normalized spacial score (nSPS) is 17.5. The number of hydroxylamine groups is 1. The highest BCUT2D eigenvalue weighted by atomic mass is 16.5. The van der Waals surface area contributed by atoms with Gasteiger partial charge < -0.3 is 4.90 Å². The molecule has 0 unspecified atom stereocenters. The van der Waals surface area contributed by atoms with Gasteiger partial charge in [-0.05, 0) is 29.7 Å². The Morgan fingerprint density at radius 2 is 1.83 bits per heavy atom. The Bertz CT molecular complexity index is 771. The molecule has 0 bridgehead atoms. The molecule has 3 rings (SSSR count). The van der Waals surface area contributed by atoms with Crippen LogP contribution in [0.2, 0.25) is 0 Å². The lowest BCUT2D eigenvalue weighted by atomic mass is 9.98. The molecule has 0 saturated carbocycles. The van der Waals surface area contributed by atoms with Gasteiger partial charge in [0.1, 0.15) is 0 Å². The third kappa shape index (κ3) is 3.21. The van der Waals surface area contributed by atoms with Crippen LogP contribution in [0.4, 0.5) is 5.69 Å². The zero-order chi connectivity index (χ0) is 16.9.